The molecule has 7 nitrogen and oxygen atoms in total. The molecule has 142 valence electrons. The molecular weight excluding hydrogens is 346 g/mol. The van der Waals surface area contributed by atoms with Gasteiger partial charge in [0.05, 0.1) is 4.92 Å². The number of rotatable bonds is 6. The van der Waals surface area contributed by atoms with Crippen LogP contribution in [0.2, 0.25) is 0 Å². The summed E-state index contributed by atoms with van der Waals surface area (Å²) in [5.74, 6) is -0.588. The number of nitro benzene ring substituents is 1. The Morgan fingerprint density at radius 1 is 1.00 bits per heavy atom. The third-order valence-electron chi connectivity index (χ3n) is 4.01. The first-order valence-corrected chi connectivity index (χ1v) is 8.60. The number of nitrogens with zero attached hydrogens (tertiary/aromatic N) is 1. The van der Waals surface area contributed by atoms with Crippen molar-refractivity contribution in [1.29, 1.82) is 0 Å². The molecule has 0 unspecified atom stereocenters. The van der Waals surface area contributed by atoms with Crippen molar-refractivity contribution >= 4 is 23.2 Å². The highest BCUT2D eigenvalue weighted by atomic mass is 16.6. The first-order valence-electron chi connectivity index (χ1n) is 8.60. The maximum absolute atomic E-state index is 12.0. The minimum absolute atomic E-state index is 0.0463. The Kier molecular flexibility index (Phi) is 6.28. The van der Waals surface area contributed by atoms with Crippen molar-refractivity contribution in [2.45, 2.75) is 32.6 Å². The second-order valence-corrected chi connectivity index (χ2v) is 7.19. The summed E-state index contributed by atoms with van der Waals surface area (Å²) in [5.41, 5.74) is 2.15. The molecular formula is C20H23N3O4. The molecule has 2 rings (SSSR count). The zero-order valence-corrected chi connectivity index (χ0v) is 15.6. The van der Waals surface area contributed by atoms with Crippen molar-refractivity contribution in [2.24, 2.45) is 0 Å². The third-order valence-corrected chi connectivity index (χ3v) is 4.01. The number of hydrogen-bond donors (Lipinski definition) is 2. The molecule has 2 aromatic carbocycles. The highest BCUT2D eigenvalue weighted by Crippen LogP contribution is 2.23. The summed E-state index contributed by atoms with van der Waals surface area (Å²) in [6.07, 6.45) is 0.125. The van der Waals surface area contributed by atoms with E-state index in [-0.39, 0.29) is 35.9 Å². The van der Waals surface area contributed by atoms with Crippen LogP contribution in [0.4, 0.5) is 11.4 Å². The molecule has 2 amide bonds. The molecule has 0 fully saturated rings. The van der Waals surface area contributed by atoms with Crippen LogP contribution in [0.5, 0.6) is 0 Å². The van der Waals surface area contributed by atoms with Crippen molar-refractivity contribution in [1.82, 2.24) is 5.32 Å². The number of carbonyl (C=O) groups is 2. The quantitative estimate of drug-likeness (QED) is 0.599. The van der Waals surface area contributed by atoms with Crippen LogP contribution in [0.3, 0.4) is 0 Å². The van der Waals surface area contributed by atoms with Gasteiger partial charge in [0.2, 0.25) is 5.91 Å². The maximum atomic E-state index is 12.0. The summed E-state index contributed by atoms with van der Waals surface area (Å²) >= 11 is 0. The van der Waals surface area contributed by atoms with Crippen molar-refractivity contribution < 1.29 is 14.5 Å². The van der Waals surface area contributed by atoms with E-state index in [9.17, 15) is 19.7 Å². The number of non-ortho nitro benzene ring substituents is 1. The Labute approximate surface area is 157 Å². The monoisotopic (exact) mass is 369 g/mol. The smallest absolute Gasteiger partial charge is 0.269 e. The van der Waals surface area contributed by atoms with Gasteiger partial charge in [0.1, 0.15) is 0 Å². The van der Waals surface area contributed by atoms with Crippen LogP contribution in [-0.2, 0) is 10.2 Å². The topological polar surface area (TPSA) is 101 Å². The molecule has 0 aromatic heterocycles. The SMILES string of the molecule is CC(C)(C)c1ccc(NC(=O)CCNC(=O)c2ccc([N+](=O)[O-])cc2)cc1. The molecule has 0 saturated heterocycles. The van der Waals surface area contributed by atoms with Gasteiger partial charge in [0.25, 0.3) is 11.6 Å². The Bertz CT molecular complexity index is 822. The molecule has 0 atom stereocenters. The minimum atomic E-state index is -0.528. The average molecular weight is 369 g/mol. The van der Waals surface area contributed by atoms with E-state index in [0.29, 0.717) is 11.3 Å². The Morgan fingerprint density at radius 2 is 1.59 bits per heavy atom. The van der Waals surface area contributed by atoms with Gasteiger partial charge in [0, 0.05) is 36.3 Å². The standard InChI is InChI=1S/C20H23N3O4/c1-20(2,3)15-6-8-16(9-7-15)22-18(24)12-13-21-19(25)14-4-10-17(11-5-14)23(26)27/h4-11H,12-13H2,1-3H3,(H,21,25)(H,22,24). The Morgan fingerprint density at radius 3 is 2.11 bits per heavy atom. The predicted molar refractivity (Wildman–Crippen MR) is 104 cm³/mol. The number of anilines is 1. The van der Waals surface area contributed by atoms with Gasteiger partial charge in [0.15, 0.2) is 0 Å². The highest BCUT2D eigenvalue weighted by molar-refractivity contribution is 5.95. The molecule has 0 heterocycles. The lowest BCUT2D eigenvalue weighted by Crippen LogP contribution is -2.27. The summed E-state index contributed by atoms with van der Waals surface area (Å²) in [4.78, 5) is 34.1. The first kappa shape index (κ1) is 20.1. The number of hydrogen-bond acceptors (Lipinski definition) is 4. The molecule has 7 heteroatoms. The zero-order valence-electron chi connectivity index (χ0n) is 15.6. The van der Waals surface area contributed by atoms with Gasteiger partial charge in [-0.1, -0.05) is 32.9 Å². The predicted octanol–water partition coefficient (Wildman–Crippen LogP) is 3.65. The van der Waals surface area contributed by atoms with Crippen molar-refractivity contribution in [2.75, 3.05) is 11.9 Å². The van der Waals surface area contributed by atoms with Crippen LogP contribution in [-0.4, -0.2) is 23.3 Å². The molecule has 0 aliphatic carbocycles. The second-order valence-electron chi connectivity index (χ2n) is 7.19. The summed E-state index contributed by atoms with van der Waals surface area (Å²) < 4.78 is 0. The van der Waals surface area contributed by atoms with Crippen LogP contribution in [0.15, 0.2) is 48.5 Å². The molecule has 0 saturated carbocycles. The van der Waals surface area contributed by atoms with Gasteiger partial charge in [-0.15, -0.1) is 0 Å². The van der Waals surface area contributed by atoms with E-state index in [0.717, 1.165) is 0 Å². The van der Waals surface area contributed by atoms with Crippen LogP contribution < -0.4 is 10.6 Å². The zero-order chi connectivity index (χ0) is 20.0. The maximum Gasteiger partial charge on any atom is 0.269 e. The number of benzene rings is 2. The lowest BCUT2D eigenvalue weighted by Gasteiger charge is -2.19. The first-order chi connectivity index (χ1) is 12.7. The van der Waals surface area contributed by atoms with Crippen molar-refractivity contribution in [3.05, 3.63) is 69.8 Å². The van der Waals surface area contributed by atoms with E-state index >= 15 is 0 Å². The van der Waals surface area contributed by atoms with Gasteiger partial charge in [-0.05, 0) is 35.2 Å². The number of amides is 2. The van der Waals surface area contributed by atoms with Crippen LogP contribution >= 0.6 is 0 Å². The van der Waals surface area contributed by atoms with Gasteiger partial charge in [-0.2, -0.15) is 0 Å². The lowest BCUT2D eigenvalue weighted by atomic mass is 9.87. The fraction of sp³-hybridized carbons (Fsp3) is 0.300. The molecule has 2 aromatic rings. The number of nitro groups is 1. The molecule has 2 N–H and O–H groups in total. The summed E-state index contributed by atoms with van der Waals surface area (Å²) in [7, 11) is 0. The van der Waals surface area contributed by atoms with Crippen LogP contribution in [0, 0.1) is 10.1 Å². The fourth-order valence-corrected chi connectivity index (χ4v) is 2.40. The van der Waals surface area contributed by atoms with E-state index in [4.69, 9.17) is 0 Å². The molecule has 0 aliphatic rings. The highest BCUT2D eigenvalue weighted by Gasteiger charge is 2.13. The van der Waals surface area contributed by atoms with Gasteiger partial charge < -0.3 is 10.6 Å². The van der Waals surface area contributed by atoms with Crippen molar-refractivity contribution in [3.63, 3.8) is 0 Å². The van der Waals surface area contributed by atoms with Crippen molar-refractivity contribution in [3.8, 4) is 0 Å². The molecule has 0 bridgehead atoms. The second kappa shape index (κ2) is 8.44. The molecule has 0 radical (unpaired) electrons. The summed E-state index contributed by atoms with van der Waals surface area (Å²) in [5, 5.41) is 16.0. The van der Waals surface area contributed by atoms with Gasteiger partial charge >= 0.3 is 0 Å². The third kappa shape index (κ3) is 5.91. The Hall–Kier alpha value is -3.22. The normalized spacial score (nSPS) is 10.9. The van der Waals surface area contributed by atoms with Crippen LogP contribution in [0.25, 0.3) is 0 Å². The van der Waals surface area contributed by atoms with E-state index in [1.54, 1.807) is 0 Å². The van der Waals surface area contributed by atoms with Gasteiger partial charge in [-0.3, -0.25) is 19.7 Å². The lowest BCUT2D eigenvalue weighted by molar-refractivity contribution is -0.384. The molecule has 0 spiro atoms. The number of carbonyl (C=O) groups excluding carboxylic acids is 2. The molecule has 27 heavy (non-hydrogen) atoms. The largest absolute Gasteiger partial charge is 0.352 e. The average Bonchev–Trinajstić information content (AvgIpc) is 2.61. The molecule has 0 aliphatic heterocycles. The van der Waals surface area contributed by atoms with E-state index < -0.39 is 4.92 Å². The van der Waals surface area contributed by atoms with E-state index in [2.05, 4.69) is 31.4 Å². The summed E-state index contributed by atoms with van der Waals surface area (Å²) in [6, 6.07) is 13.0. The minimum Gasteiger partial charge on any atom is -0.352 e. The fourth-order valence-electron chi connectivity index (χ4n) is 2.40. The van der Waals surface area contributed by atoms with E-state index in [1.165, 1.54) is 29.8 Å². The van der Waals surface area contributed by atoms with Gasteiger partial charge in [-0.25, -0.2) is 0 Å². The van der Waals surface area contributed by atoms with E-state index in [1.807, 2.05) is 24.3 Å². The Balaban J connectivity index is 1.80. The summed E-state index contributed by atoms with van der Waals surface area (Å²) in [6.45, 7) is 6.53. The number of nitrogens with one attached hydrogen (secondary N) is 2. The van der Waals surface area contributed by atoms with Crippen LogP contribution in [0.1, 0.15) is 43.1 Å².